The van der Waals surface area contributed by atoms with E-state index in [2.05, 4.69) is 10.3 Å². The summed E-state index contributed by atoms with van der Waals surface area (Å²) in [5.41, 5.74) is 0.254. The fraction of sp³-hybridized carbons (Fsp3) is 0.333. The minimum Gasteiger partial charge on any atom is -0.478 e. The van der Waals surface area contributed by atoms with Crippen molar-refractivity contribution < 1.29 is 9.90 Å². The second kappa shape index (κ2) is 4.88. The Morgan fingerprint density at radius 3 is 2.68 bits per heavy atom. The van der Waals surface area contributed by atoms with Gasteiger partial charge in [0, 0.05) is 23.5 Å². The standard InChI is InChI=1S/C15H16N2O2/c18-15(19)13-9-17-14(16-8-10-4-3-5-10)12-7-2-1-6-11(12)13/h1-2,6-7,9-10H,3-5,8H2,(H,16,17)(H,18,19). The van der Waals surface area contributed by atoms with Crippen LogP contribution in [0.1, 0.15) is 29.6 Å². The number of hydrogen-bond donors (Lipinski definition) is 2. The smallest absolute Gasteiger partial charge is 0.337 e. The summed E-state index contributed by atoms with van der Waals surface area (Å²) >= 11 is 0. The summed E-state index contributed by atoms with van der Waals surface area (Å²) in [6.45, 7) is 0.920. The molecule has 0 atom stereocenters. The molecule has 1 fully saturated rings. The van der Waals surface area contributed by atoms with Gasteiger partial charge in [-0.25, -0.2) is 9.78 Å². The Morgan fingerprint density at radius 2 is 2.05 bits per heavy atom. The predicted molar refractivity (Wildman–Crippen MR) is 74.5 cm³/mol. The Hall–Kier alpha value is -2.10. The van der Waals surface area contributed by atoms with Gasteiger partial charge in [0.1, 0.15) is 5.82 Å². The van der Waals surface area contributed by atoms with Gasteiger partial charge in [0.05, 0.1) is 5.56 Å². The fourth-order valence-corrected chi connectivity index (χ4v) is 2.44. The van der Waals surface area contributed by atoms with E-state index < -0.39 is 5.97 Å². The third-order valence-corrected chi connectivity index (χ3v) is 3.81. The molecule has 98 valence electrons. The lowest BCUT2D eigenvalue weighted by atomic mass is 9.85. The van der Waals surface area contributed by atoms with E-state index in [0.29, 0.717) is 0 Å². The summed E-state index contributed by atoms with van der Waals surface area (Å²) in [4.78, 5) is 15.5. The Morgan fingerprint density at radius 1 is 1.32 bits per heavy atom. The highest BCUT2D eigenvalue weighted by molar-refractivity contribution is 6.06. The lowest BCUT2D eigenvalue weighted by Gasteiger charge is -2.25. The molecule has 0 spiro atoms. The quantitative estimate of drug-likeness (QED) is 0.882. The summed E-state index contributed by atoms with van der Waals surface area (Å²) in [5.74, 6) is 0.585. The monoisotopic (exact) mass is 256 g/mol. The first-order valence-electron chi connectivity index (χ1n) is 6.60. The zero-order chi connectivity index (χ0) is 13.2. The average Bonchev–Trinajstić information content (AvgIpc) is 2.36. The van der Waals surface area contributed by atoms with Gasteiger partial charge in [-0.2, -0.15) is 0 Å². The molecule has 4 nitrogen and oxygen atoms in total. The Balaban J connectivity index is 1.95. The number of benzene rings is 1. The molecular formula is C15H16N2O2. The van der Waals surface area contributed by atoms with Crippen LogP contribution < -0.4 is 5.32 Å². The van der Waals surface area contributed by atoms with Gasteiger partial charge in [0.2, 0.25) is 0 Å². The number of nitrogens with one attached hydrogen (secondary N) is 1. The van der Waals surface area contributed by atoms with Gasteiger partial charge in [0.25, 0.3) is 0 Å². The van der Waals surface area contributed by atoms with Crippen LogP contribution in [-0.4, -0.2) is 22.6 Å². The zero-order valence-electron chi connectivity index (χ0n) is 10.6. The van der Waals surface area contributed by atoms with Gasteiger partial charge in [-0.15, -0.1) is 0 Å². The summed E-state index contributed by atoms with van der Waals surface area (Å²) in [5, 5.41) is 14.1. The van der Waals surface area contributed by atoms with Crippen LogP contribution in [0.25, 0.3) is 10.8 Å². The Labute approximate surface area is 111 Å². The van der Waals surface area contributed by atoms with Crippen molar-refractivity contribution in [2.75, 3.05) is 11.9 Å². The van der Waals surface area contributed by atoms with Crippen molar-refractivity contribution in [1.29, 1.82) is 0 Å². The molecule has 0 aliphatic heterocycles. The molecule has 1 aliphatic rings. The summed E-state index contributed by atoms with van der Waals surface area (Å²) < 4.78 is 0. The normalized spacial score (nSPS) is 15.2. The molecule has 4 heteroatoms. The largest absolute Gasteiger partial charge is 0.478 e. The van der Waals surface area contributed by atoms with Gasteiger partial charge in [-0.05, 0) is 18.8 Å². The van der Waals surface area contributed by atoms with Crippen molar-refractivity contribution in [3.63, 3.8) is 0 Å². The summed E-state index contributed by atoms with van der Waals surface area (Å²) in [6, 6.07) is 7.50. The van der Waals surface area contributed by atoms with Crippen LogP contribution in [0.4, 0.5) is 5.82 Å². The maximum absolute atomic E-state index is 11.2. The lowest BCUT2D eigenvalue weighted by molar-refractivity contribution is 0.0698. The number of pyridine rings is 1. The number of aromatic nitrogens is 1. The van der Waals surface area contributed by atoms with E-state index in [-0.39, 0.29) is 5.56 Å². The molecule has 0 bridgehead atoms. The van der Waals surface area contributed by atoms with E-state index in [0.717, 1.165) is 29.1 Å². The zero-order valence-corrected chi connectivity index (χ0v) is 10.6. The number of fused-ring (bicyclic) bond motifs is 1. The minimum atomic E-state index is -0.936. The molecule has 0 unspecified atom stereocenters. The van der Waals surface area contributed by atoms with Gasteiger partial charge < -0.3 is 10.4 Å². The second-order valence-corrected chi connectivity index (χ2v) is 5.05. The number of carbonyl (C=O) groups is 1. The van der Waals surface area contributed by atoms with Crippen LogP contribution >= 0.6 is 0 Å². The van der Waals surface area contributed by atoms with Gasteiger partial charge in [-0.3, -0.25) is 0 Å². The number of aromatic carboxylic acids is 1. The fourth-order valence-electron chi connectivity index (χ4n) is 2.44. The molecule has 0 saturated heterocycles. The van der Waals surface area contributed by atoms with E-state index in [1.54, 1.807) is 0 Å². The molecule has 0 amide bonds. The highest BCUT2D eigenvalue weighted by Gasteiger charge is 2.18. The highest BCUT2D eigenvalue weighted by Crippen LogP contribution is 2.28. The van der Waals surface area contributed by atoms with E-state index in [4.69, 9.17) is 0 Å². The molecule has 1 aromatic heterocycles. The molecule has 3 rings (SSSR count). The Kier molecular flexibility index (Phi) is 3.07. The second-order valence-electron chi connectivity index (χ2n) is 5.05. The molecule has 1 heterocycles. The van der Waals surface area contributed by atoms with Crippen LogP contribution in [0, 0.1) is 5.92 Å². The van der Waals surface area contributed by atoms with E-state index >= 15 is 0 Å². The first kappa shape index (κ1) is 12.0. The van der Waals surface area contributed by atoms with Crippen molar-refractivity contribution in [1.82, 2.24) is 4.98 Å². The first-order valence-corrected chi connectivity index (χ1v) is 6.60. The number of carboxylic acids is 1. The van der Waals surface area contributed by atoms with Crippen LogP contribution in [0.3, 0.4) is 0 Å². The lowest BCUT2D eigenvalue weighted by Crippen LogP contribution is -2.21. The van der Waals surface area contributed by atoms with Crippen molar-refractivity contribution in [3.05, 3.63) is 36.0 Å². The van der Waals surface area contributed by atoms with Gasteiger partial charge >= 0.3 is 5.97 Å². The predicted octanol–water partition coefficient (Wildman–Crippen LogP) is 3.15. The van der Waals surface area contributed by atoms with Gasteiger partial charge in [0.15, 0.2) is 0 Å². The number of hydrogen-bond acceptors (Lipinski definition) is 3. The third-order valence-electron chi connectivity index (χ3n) is 3.81. The molecule has 0 radical (unpaired) electrons. The first-order chi connectivity index (χ1) is 9.25. The van der Waals surface area contributed by atoms with Crippen LogP contribution in [-0.2, 0) is 0 Å². The number of rotatable bonds is 4. The van der Waals surface area contributed by atoms with E-state index in [1.165, 1.54) is 25.5 Å². The van der Waals surface area contributed by atoms with Crippen LogP contribution in [0.5, 0.6) is 0 Å². The molecule has 2 N–H and O–H groups in total. The Bertz CT molecular complexity index is 621. The molecule has 19 heavy (non-hydrogen) atoms. The average molecular weight is 256 g/mol. The maximum atomic E-state index is 11.2. The van der Waals surface area contributed by atoms with Crippen LogP contribution in [0.2, 0.25) is 0 Å². The van der Waals surface area contributed by atoms with Crippen molar-refractivity contribution in [3.8, 4) is 0 Å². The molecular weight excluding hydrogens is 240 g/mol. The molecule has 1 aromatic carbocycles. The van der Waals surface area contributed by atoms with E-state index in [9.17, 15) is 9.90 Å². The van der Waals surface area contributed by atoms with Crippen molar-refractivity contribution >= 4 is 22.6 Å². The summed E-state index contributed by atoms with van der Waals surface area (Å²) in [7, 11) is 0. The number of carboxylic acid groups (broad SMARTS) is 1. The summed E-state index contributed by atoms with van der Waals surface area (Å²) in [6.07, 6.45) is 5.31. The van der Waals surface area contributed by atoms with E-state index in [1.807, 2.05) is 24.3 Å². The number of nitrogens with zero attached hydrogens (tertiary/aromatic N) is 1. The number of anilines is 1. The minimum absolute atomic E-state index is 0.254. The SMILES string of the molecule is O=C(O)c1cnc(NCC2CCC2)c2ccccc12. The molecule has 1 saturated carbocycles. The highest BCUT2D eigenvalue weighted by atomic mass is 16.4. The molecule has 1 aliphatic carbocycles. The molecule has 2 aromatic rings. The van der Waals surface area contributed by atoms with Crippen molar-refractivity contribution in [2.24, 2.45) is 5.92 Å². The topological polar surface area (TPSA) is 62.2 Å². The third kappa shape index (κ3) is 2.26. The van der Waals surface area contributed by atoms with Crippen LogP contribution in [0.15, 0.2) is 30.5 Å². The van der Waals surface area contributed by atoms with Gasteiger partial charge in [-0.1, -0.05) is 30.7 Å². The van der Waals surface area contributed by atoms with Crippen molar-refractivity contribution in [2.45, 2.75) is 19.3 Å². The maximum Gasteiger partial charge on any atom is 0.337 e.